The maximum atomic E-state index is 12.5. The Morgan fingerprint density at radius 3 is 2.65 bits per heavy atom. The van der Waals surface area contributed by atoms with Crippen LogP contribution in [0.3, 0.4) is 0 Å². The lowest BCUT2D eigenvalue weighted by Gasteiger charge is -2.14. The third kappa shape index (κ3) is 2.76. The molecule has 0 saturated carbocycles. The Morgan fingerprint density at radius 1 is 1.17 bits per heavy atom. The molecule has 2 heterocycles. The van der Waals surface area contributed by atoms with E-state index >= 15 is 0 Å². The molecular weight excluding hydrogens is 296 g/mol. The molecule has 2 aromatic heterocycles. The Morgan fingerprint density at radius 2 is 1.91 bits per heavy atom. The van der Waals surface area contributed by atoms with E-state index in [4.69, 9.17) is 0 Å². The summed E-state index contributed by atoms with van der Waals surface area (Å²) < 4.78 is 0.903. The highest BCUT2D eigenvalue weighted by molar-refractivity contribution is 5.92. The number of carbonyl (C=O) groups excluding carboxylic acids is 1. The Kier molecular flexibility index (Phi) is 3.76. The predicted molar refractivity (Wildman–Crippen MR) is 86.4 cm³/mol. The Balaban J connectivity index is 2.01. The summed E-state index contributed by atoms with van der Waals surface area (Å²) >= 11 is 0. The van der Waals surface area contributed by atoms with Gasteiger partial charge in [-0.3, -0.25) is 9.59 Å². The maximum Gasteiger partial charge on any atom is 0.329 e. The number of fused-ring (bicyclic) bond motifs is 1. The molecule has 3 aromatic rings. The molecule has 2 N–H and O–H groups in total. The minimum absolute atomic E-state index is 0.351. The number of nitrogens with zero attached hydrogens (tertiary/aromatic N) is 2. The van der Waals surface area contributed by atoms with Crippen molar-refractivity contribution in [1.82, 2.24) is 14.5 Å². The third-order valence-corrected chi connectivity index (χ3v) is 3.52. The van der Waals surface area contributed by atoms with Crippen molar-refractivity contribution in [3.8, 4) is 0 Å². The lowest BCUT2D eigenvalue weighted by Crippen LogP contribution is -2.41. The topological polar surface area (TPSA) is 96.8 Å². The monoisotopic (exact) mass is 310 g/mol. The molecule has 0 saturated heterocycles. The van der Waals surface area contributed by atoms with Crippen LogP contribution in [0.4, 0.5) is 5.82 Å². The van der Waals surface area contributed by atoms with Gasteiger partial charge in [0.05, 0.1) is 10.9 Å². The van der Waals surface area contributed by atoms with E-state index < -0.39 is 23.2 Å². The number of benzene rings is 1. The molecule has 1 aromatic carbocycles. The minimum atomic E-state index is -0.974. The summed E-state index contributed by atoms with van der Waals surface area (Å²) in [6.45, 7) is 1.49. The van der Waals surface area contributed by atoms with Crippen LogP contribution in [0, 0.1) is 0 Å². The second-order valence-electron chi connectivity index (χ2n) is 5.03. The van der Waals surface area contributed by atoms with Crippen molar-refractivity contribution >= 4 is 22.6 Å². The van der Waals surface area contributed by atoms with Crippen molar-refractivity contribution in [1.29, 1.82) is 0 Å². The zero-order valence-electron chi connectivity index (χ0n) is 12.3. The number of H-pyrrole nitrogens is 1. The van der Waals surface area contributed by atoms with Gasteiger partial charge in [-0.1, -0.05) is 18.2 Å². The van der Waals surface area contributed by atoms with Crippen LogP contribution in [0.2, 0.25) is 0 Å². The van der Waals surface area contributed by atoms with Crippen LogP contribution in [0.15, 0.2) is 58.3 Å². The number of aromatic amines is 1. The standard InChI is InChI=1S/C16H14N4O3/c1-10(14(21)19-13-8-4-5-9-17-13)20-15(22)11-6-2-3-7-12(11)18-16(20)23/h2-10H,1H3,(H,18,23)(H,17,19,21)/t10-/m0/s1. The van der Waals surface area contributed by atoms with Gasteiger partial charge in [-0.25, -0.2) is 14.3 Å². The maximum absolute atomic E-state index is 12.5. The molecule has 0 radical (unpaired) electrons. The molecule has 3 rings (SSSR count). The second-order valence-corrected chi connectivity index (χ2v) is 5.03. The van der Waals surface area contributed by atoms with E-state index in [2.05, 4.69) is 15.3 Å². The zero-order chi connectivity index (χ0) is 16.4. The van der Waals surface area contributed by atoms with Gasteiger partial charge in [0.1, 0.15) is 11.9 Å². The molecule has 116 valence electrons. The Hall–Kier alpha value is -3.22. The number of nitrogens with one attached hydrogen (secondary N) is 2. The Bertz CT molecular complexity index is 976. The van der Waals surface area contributed by atoms with Crippen LogP contribution in [-0.2, 0) is 4.79 Å². The fourth-order valence-electron chi connectivity index (χ4n) is 2.31. The van der Waals surface area contributed by atoms with E-state index in [1.807, 2.05) is 0 Å². The van der Waals surface area contributed by atoms with Gasteiger partial charge in [-0.15, -0.1) is 0 Å². The number of rotatable bonds is 3. The number of pyridine rings is 1. The van der Waals surface area contributed by atoms with Gasteiger partial charge in [-0.05, 0) is 31.2 Å². The van der Waals surface area contributed by atoms with Crippen LogP contribution >= 0.6 is 0 Å². The third-order valence-electron chi connectivity index (χ3n) is 3.52. The summed E-state index contributed by atoms with van der Waals surface area (Å²) in [7, 11) is 0. The zero-order valence-corrected chi connectivity index (χ0v) is 12.3. The normalized spacial score (nSPS) is 12.0. The number of anilines is 1. The number of para-hydroxylation sites is 1. The van der Waals surface area contributed by atoms with Crippen LogP contribution in [0.25, 0.3) is 10.9 Å². The van der Waals surface area contributed by atoms with Crippen molar-refractivity contribution in [3.63, 3.8) is 0 Å². The Labute approximate surface area is 130 Å². The largest absolute Gasteiger partial charge is 0.329 e. The molecule has 23 heavy (non-hydrogen) atoms. The molecule has 0 aliphatic carbocycles. The summed E-state index contributed by atoms with van der Waals surface area (Å²) in [5.41, 5.74) is -0.693. The number of aromatic nitrogens is 3. The number of carbonyl (C=O) groups is 1. The van der Waals surface area contributed by atoms with Crippen LogP contribution < -0.4 is 16.6 Å². The molecule has 1 amide bonds. The van der Waals surface area contributed by atoms with Crippen molar-refractivity contribution < 1.29 is 4.79 Å². The summed E-state index contributed by atoms with van der Waals surface area (Å²) in [4.78, 5) is 43.5. The molecule has 0 fully saturated rings. The molecule has 0 aliphatic heterocycles. The van der Waals surface area contributed by atoms with Crippen molar-refractivity contribution in [2.75, 3.05) is 5.32 Å². The lowest BCUT2D eigenvalue weighted by atomic mass is 10.2. The first-order valence-corrected chi connectivity index (χ1v) is 7.03. The van der Waals surface area contributed by atoms with Crippen LogP contribution in [0.1, 0.15) is 13.0 Å². The molecule has 7 nitrogen and oxygen atoms in total. The molecule has 0 spiro atoms. The van der Waals surface area contributed by atoms with Gasteiger partial charge in [0, 0.05) is 6.20 Å². The average Bonchev–Trinajstić information content (AvgIpc) is 2.55. The SMILES string of the molecule is C[C@@H](C(=O)Nc1ccccn1)n1c(=O)[nH]c2ccccc2c1=O. The molecule has 0 aliphatic rings. The van der Waals surface area contributed by atoms with Gasteiger partial charge in [-0.2, -0.15) is 0 Å². The van der Waals surface area contributed by atoms with E-state index in [1.54, 1.807) is 42.5 Å². The summed E-state index contributed by atoms with van der Waals surface area (Å²) in [6.07, 6.45) is 1.54. The van der Waals surface area contributed by atoms with Crippen molar-refractivity contribution in [3.05, 3.63) is 69.5 Å². The number of hydrogen-bond donors (Lipinski definition) is 2. The summed E-state index contributed by atoms with van der Waals surface area (Å²) in [5.74, 6) is -0.138. The molecule has 1 atom stereocenters. The first kappa shape index (κ1) is 14.7. The van der Waals surface area contributed by atoms with E-state index in [0.29, 0.717) is 16.7 Å². The van der Waals surface area contributed by atoms with E-state index in [9.17, 15) is 14.4 Å². The molecule has 0 bridgehead atoms. The number of amides is 1. The quantitative estimate of drug-likeness (QED) is 0.761. The summed E-state index contributed by atoms with van der Waals surface area (Å²) in [5, 5.41) is 2.93. The first-order valence-electron chi connectivity index (χ1n) is 7.03. The fraction of sp³-hybridized carbons (Fsp3) is 0.125. The highest BCUT2D eigenvalue weighted by Crippen LogP contribution is 2.08. The molecule has 0 unspecified atom stereocenters. The lowest BCUT2D eigenvalue weighted by molar-refractivity contribution is -0.119. The smallest absolute Gasteiger partial charge is 0.309 e. The molecule has 7 heteroatoms. The van der Waals surface area contributed by atoms with E-state index in [0.717, 1.165) is 4.57 Å². The van der Waals surface area contributed by atoms with Crippen LogP contribution in [-0.4, -0.2) is 20.4 Å². The fourth-order valence-corrected chi connectivity index (χ4v) is 2.31. The van der Waals surface area contributed by atoms with Gasteiger partial charge in [0.25, 0.3) is 5.56 Å². The van der Waals surface area contributed by atoms with Gasteiger partial charge >= 0.3 is 5.69 Å². The minimum Gasteiger partial charge on any atom is -0.309 e. The average molecular weight is 310 g/mol. The van der Waals surface area contributed by atoms with E-state index in [-0.39, 0.29) is 0 Å². The van der Waals surface area contributed by atoms with E-state index in [1.165, 1.54) is 13.1 Å². The highest BCUT2D eigenvalue weighted by atomic mass is 16.2. The van der Waals surface area contributed by atoms with Crippen molar-refractivity contribution in [2.24, 2.45) is 0 Å². The van der Waals surface area contributed by atoms with Crippen LogP contribution in [0.5, 0.6) is 0 Å². The first-order chi connectivity index (χ1) is 11.1. The predicted octanol–water partition coefficient (Wildman–Crippen LogP) is 1.28. The second kappa shape index (κ2) is 5.88. The molecular formula is C16H14N4O3. The van der Waals surface area contributed by atoms with Gasteiger partial charge in [0.15, 0.2) is 0 Å². The van der Waals surface area contributed by atoms with Gasteiger partial charge < -0.3 is 10.3 Å². The number of hydrogen-bond acceptors (Lipinski definition) is 4. The summed E-state index contributed by atoms with van der Waals surface area (Å²) in [6, 6.07) is 10.8. The van der Waals surface area contributed by atoms with Gasteiger partial charge in [0.2, 0.25) is 5.91 Å². The highest BCUT2D eigenvalue weighted by Gasteiger charge is 2.20. The van der Waals surface area contributed by atoms with Crippen molar-refractivity contribution in [2.45, 2.75) is 13.0 Å².